The van der Waals surface area contributed by atoms with E-state index in [-0.39, 0.29) is 18.3 Å². The van der Waals surface area contributed by atoms with Gasteiger partial charge in [-0.1, -0.05) is 163 Å². The molecule has 3 unspecified atom stereocenters. The summed E-state index contributed by atoms with van der Waals surface area (Å²) < 4.78 is 21.0. The minimum absolute atomic E-state index is 0.214. The minimum atomic E-state index is -2.78. The van der Waals surface area contributed by atoms with Gasteiger partial charge in [-0.3, -0.25) is 0 Å². The zero-order chi connectivity index (χ0) is 29.7. The Labute approximate surface area is 255 Å². The average molecular weight is 585 g/mol. The molecule has 0 radical (unpaired) electrons. The number of unbranched alkanes of at least 4 members (excludes halogenated alkanes) is 18. The highest BCUT2D eigenvalue weighted by Gasteiger charge is 2.45. The first kappa shape index (κ1) is 40.1. The monoisotopic (exact) mass is 585 g/mol. The van der Waals surface area contributed by atoms with E-state index in [9.17, 15) is 0 Å². The molecule has 3 atom stereocenters. The maximum absolute atomic E-state index is 6.99. The van der Waals surface area contributed by atoms with Crippen LogP contribution in [-0.2, 0) is 13.3 Å². The maximum atomic E-state index is 6.99. The van der Waals surface area contributed by atoms with Gasteiger partial charge < -0.3 is 13.3 Å². The minimum Gasteiger partial charge on any atom is -0.371 e. The molecule has 40 heavy (non-hydrogen) atoms. The standard InChI is InChI=1S/C36H76O3Si/c1-8-12-16-20-21-22-23-24-25-29-33-40(37-34(5)30-26-17-13-9-2,38-35(6)31-27-18-14-10-3)39-36(7)32-28-19-15-11-4/h34-36H,8-33H2,1-7H3. The summed E-state index contributed by atoms with van der Waals surface area (Å²) >= 11 is 0. The van der Waals surface area contributed by atoms with Gasteiger partial charge in [0.2, 0.25) is 0 Å². The Kier molecular flexibility index (Phi) is 29.3. The van der Waals surface area contributed by atoms with Crippen LogP contribution in [0.25, 0.3) is 0 Å². The third-order valence-corrected chi connectivity index (χ3v) is 11.6. The average Bonchev–Trinajstić information content (AvgIpc) is 2.92. The van der Waals surface area contributed by atoms with Crippen LogP contribution < -0.4 is 0 Å². The van der Waals surface area contributed by atoms with Crippen LogP contribution in [0.4, 0.5) is 0 Å². The zero-order valence-electron chi connectivity index (χ0n) is 28.8. The topological polar surface area (TPSA) is 27.7 Å². The quantitative estimate of drug-likeness (QED) is 0.0581. The van der Waals surface area contributed by atoms with Crippen molar-refractivity contribution in [1.29, 1.82) is 0 Å². The zero-order valence-corrected chi connectivity index (χ0v) is 29.8. The fraction of sp³-hybridized carbons (Fsp3) is 1.00. The molecule has 0 heterocycles. The summed E-state index contributed by atoms with van der Waals surface area (Å²) in [6.45, 7) is 16.0. The molecule has 0 spiro atoms. The first-order chi connectivity index (χ1) is 19.4. The molecule has 3 nitrogen and oxygen atoms in total. The normalized spacial score (nSPS) is 15.7. The van der Waals surface area contributed by atoms with Gasteiger partial charge >= 0.3 is 8.80 Å². The first-order valence-electron chi connectivity index (χ1n) is 18.5. The van der Waals surface area contributed by atoms with Gasteiger partial charge in [0.05, 0.1) is 0 Å². The van der Waals surface area contributed by atoms with Crippen molar-refractivity contribution >= 4 is 8.80 Å². The Morgan fingerprint density at radius 1 is 0.350 bits per heavy atom. The molecule has 0 bridgehead atoms. The molecular formula is C36H76O3Si. The molecule has 242 valence electrons. The summed E-state index contributed by atoms with van der Waals surface area (Å²) in [7, 11) is -2.78. The van der Waals surface area contributed by atoms with Crippen LogP contribution in [0.3, 0.4) is 0 Å². The Bertz CT molecular complexity index is 450. The predicted octanol–water partition coefficient (Wildman–Crippen LogP) is 13.0. The fourth-order valence-corrected chi connectivity index (χ4v) is 9.16. The summed E-state index contributed by atoms with van der Waals surface area (Å²) in [5.41, 5.74) is 0. The van der Waals surface area contributed by atoms with Crippen molar-refractivity contribution in [3.05, 3.63) is 0 Å². The van der Waals surface area contributed by atoms with Crippen LogP contribution in [0.5, 0.6) is 0 Å². The Hall–Kier alpha value is 0.0969. The van der Waals surface area contributed by atoms with Gasteiger partial charge in [-0.2, -0.15) is 0 Å². The van der Waals surface area contributed by atoms with Gasteiger partial charge in [0.25, 0.3) is 0 Å². The molecule has 0 rings (SSSR count). The van der Waals surface area contributed by atoms with Crippen molar-refractivity contribution in [2.75, 3.05) is 0 Å². The van der Waals surface area contributed by atoms with Gasteiger partial charge in [-0.15, -0.1) is 0 Å². The third-order valence-electron chi connectivity index (χ3n) is 8.37. The fourth-order valence-electron chi connectivity index (χ4n) is 5.76. The molecule has 0 aromatic heterocycles. The van der Waals surface area contributed by atoms with E-state index >= 15 is 0 Å². The van der Waals surface area contributed by atoms with Crippen molar-refractivity contribution in [2.24, 2.45) is 0 Å². The second-order valence-electron chi connectivity index (χ2n) is 12.9. The van der Waals surface area contributed by atoms with Crippen LogP contribution in [0.1, 0.15) is 209 Å². The molecule has 0 aromatic carbocycles. The van der Waals surface area contributed by atoms with Crippen molar-refractivity contribution in [3.8, 4) is 0 Å². The lowest BCUT2D eigenvalue weighted by atomic mass is 10.1. The molecule has 0 aliphatic carbocycles. The predicted molar refractivity (Wildman–Crippen MR) is 180 cm³/mol. The maximum Gasteiger partial charge on any atom is 0.501 e. The van der Waals surface area contributed by atoms with Crippen molar-refractivity contribution < 1.29 is 13.3 Å². The second-order valence-corrected chi connectivity index (χ2v) is 15.5. The highest BCUT2D eigenvalue weighted by atomic mass is 28.4. The van der Waals surface area contributed by atoms with Crippen molar-refractivity contribution in [1.82, 2.24) is 0 Å². The van der Waals surface area contributed by atoms with Crippen LogP contribution in [0, 0.1) is 0 Å². The molecule has 0 aromatic rings. The van der Waals surface area contributed by atoms with Gasteiger partial charge in [0.1, 0.15) is 0 Å². The lowest BCUT2D eigenvalue weighted by Gasteiger charge is -2.37. The highest BCUT2D eigenvalue weighted by molar-refractivity contribution is 6.60. The van der Waals surface area contributed by atoms with Gasteiger partial charge in [0.15, 0.2) is 0 Å². The third kappa shape index (κ3) is 24.7. The van der Waals surface area contributed by atoms with Crippen LogP contribution in [-0.4, -0.2) is 27.1 Å². The van der Waals surface area contributed by atoms with E-state index in [0.717, 1.165) is 25.3 Å². The van der Waals surface area contributed by atoms with E-state index in [4.69, 9.17) is 13.3 Å². The smallest absolute Gasteiger partial charge is 0.371 e. The lowest BCUT2D eigenvalue weighted by molar-refractivity contribution is -0.0153. The molecule has 0 saturated heterocycles. The van der Waals surface area contributed by atoms with Crippen molar-refractivity contribution in [2.45, 2.75) is 233 Å². The Morgan fingerprint density at radius 2 is 0.600 bits per heavy atom. The van der Waals surface area contributed by atoms with Crippen molar-refractivity contribution in [3.63, 3.8) is 0 Å². The molecule has 4 heteroatoms. The Morgan fingerprint density at radius 3 is 0.900 bits per heavy atom. The highest BCUT2D eigenvalue weighted by Crippen LogP contribution is 2.29. The molecular weight excluding hydrogens is 508 g/mol. The molecule has 0 amide bonds. The number of rotatable bonds is 32. The lowest BCUT2D eigenvalue weighted by Crippen LogP contribution is -2.51. The summed E-state index contributed by atoms with van der Waals surface area (Å²) in [4.78, 5) is 0. The van der Waals surface area contributed by atoms with Gasteiger partial charge in [-0.05, 0) is 46.5 Å². The number of hydrogen-bond donors (Lipinski definition) is 0. The van der Waals surface area contributed by atoms with E-state index in [0.29, 0.717) is 0 Å². The summed E-state index contributed by atoms with van der Waals surface area (Å²) in [6.07, 6.45) is 33.0. The van der Waals surface area contributed by atoms with E-state index in [1.807, 2.05) is 0 Å². The largest absolute Gasteiger partial charge is 0.501 e. The second kappa shape index (κ2) is 29.2. The van der Waals surface area contributed by atoms with E-state index in [1.54, 1.807) is 0 Å². The SMILES string of the molecule is CCCCCCCCCCCC[Si](OC(C)CCCCCC)(OC(C)CCCCCC)OC(C)CCCCCC. The number of hydrogen-bond acceptors (Lipinski definition) is 3. The van der Waals surface area contributed by atoms with Gasteiger partial charge in [0, 0.05) is 24.4 Å². The van der Waals surface area contributed by atoms with Gasteiger partial charge in [-0.25, -0.2) is 0 Å². The molecule has 0 aliphatic rings. The van der Waals surface area contributed by atoms with Crippen LogP contribution in [0.2, 0.25) is 6.04 Å². The van der Waals surface area contributed by atoms with E-state index in [1.165, 1.54) is 141 Å². The summed E-state index contributed by atoms with van der Waals surface area (Å²) in [6, 6.07) is 0.988. The summed E-state index contributed by atoms with van der Waals surface area (Å²) in [5, 5.41) is 0. The molecule has 0 aliphatic heterocycles. The molecule has 0 saturated carbocycles. The van der Waals surface area contributed by atoms with E-state index < -0.39 is 8.80 Å². The van der Waals surface area contributed by atoms with E-state index in [2.05, 4.69) is 48.5 Å². The summed E-state index contributed by atoms with van der Waals surface area (Å²) in [5.74, 6) is 0. The van der Waals surface area contributed by atoms with Crippen LogP contribution in [0.15, 0.2) is 0 Å². The first-order valence-corrected chi connectivity index (χ1v) is 20.4. The molecule has 0 fully saturated rings. The van der Waals surface area contributed by atoms with Crippen LogP contribution >= 0.6 is 0 Å². The Balaban J connectivity index is 5.22. The molecule has 0 N–H and O–H groups in total.